The summed E-state index contributed by atoms with van der Waals surface area (Å²) in [6, 6.07) is 6.95. The van der Waals surface area contributed by atoms with Crippen molar-refractivity contribution >= 4 is 23.7 Å². The number of rotatable bonds is 8. The molecule has 1 spiro atoms. The van der Waals surface area contributed by atoms with E-state index in [1.54, 1.807) is 17.1 Å². The third kappa shape index (κ3) is 5.94. The van der Waals surface area contributed by atoms with E-state index in [-0.39, 0.29) is 43.3 Å². The lowest BCUT2D eigenvalue weighted by molar-refractivity contribution is -0.152. The van der Waals surface area contributed by atoms with Crippen molar-refractivity contribution in [3.63, 3.8) is 0 Å². The largest absolute Gasteiger partial charge is 0.463 e. The molecule has 1 aromatic rings. The first-order valence-electron chi connectivity index (χ1n) is 16.0. The molecule has 4 aliphatic heterocycles. The maximum absolute atomic E-state index is 14.6. The van der Waals surface area contributed by atoms with Gasteiger partial charge in [-0.2, -0.15) is 0 Å². The number of fused-ring (bicyclic) bond motifs is 2. The number of carbonyl (C=O) groups excluding carboxylic acids is 4. The summed E-state index contributed by atoms with van der Waals surface area (Å²) in [7, 11) is 0. The average molecular weight is 608 g/mol. The summed E-state index contributed by atoms with van der Waals surface area (Å²) < 4.78 is 12.3. The van der Waals surface area contributed by atoms with Crippen molar-refractivity contribution in [3.8, 4) is 0 Å². The molecule has 5 rings (SSSR count). The fourth-order valence-electron chi connectivity index (χ4n) is 7.16. The highest BCUT2D eigenvalue weighted by Crippen LogP contribution is 2.53. The van der Waals surface area contributed by atoms with Crippen LogP contribution in [0.15, 0.2) is 54.6 Å². The number of aliphatic hydroxyl groups excluding tert-OH is 1. The molecule has 44 heavy (non-hydrogen) atoms. The van der Waals surface area contributed by atoms with Crippen LogP contribution in [0.5, 0.6) is 0 Å². The van der Waals surface area contributed by atoms with Gasteiger partial charge in [-0.05, 0) is 24.3 Å². The molecular formula is C34H45N3O7. The van der Waals surface area contributed by atoms with Crippen molar-refractivity contribution < 1.29 is 33.8 Å². The number of nitrogens with one attached hydrogen (secondary N) is 1. The fraction of sp³-hybridized carbons (Fsp3) is 0.588. The molecule has 0 unspecified atom stereocenters. The number of likely N-dealkylation sites (tertiary alicyclic amines) is 1. The smallest absolute Gasteiger partial charge is 0.306 e. The van der Waals surface area contributed by atoms with Gasteiger partial charge in [-0.1, -0.05) is 88.2 Å². The van der Waals surface area contributed by atoms with E-state index in [0.29, 0.717) is 19.5 Å². The van der Waals surface area contributed by atoms with Gasteiger partial charge in [0.05, 0.1) is 36.6 Å². The van der Waals surface area contributed by atoms with E-state index in [2.05, 4.69) is 12.2 Å². The second kappa shape index (κ2) is 13.6. The molecule has 0 aromatic heterocycles. The molecule has 1 aromatic carbocycles. The van der Waals surface area contributed by atoms with Gasteiger partial charge in [0.2, 0.25) is 17.7 Å². The van der Waals surface area contributed by atoms with Crippen molar-refractivity contribution in [3.05, 3.63) is 60.2 Å². The van der Waals surface area contributed by atoms with Crippen molar-refractivity contribution in [2.45, 2.75) is 82.7 Å². The van der Waals surface area contributed by atoms with Crippen LogP contribution in [0.25, 0.3) is 0 Å². The Morgan fingerprint density at radius 3 is 2.55 bits per heavy atom. The lowest BCUT2D eigenvalue weighted by atomic mass is 9.77. The Hall–Kier alpha value is -3.50. The Labute approximate surface area is 259 Å². The van der Waals surface area contributed by atoms with Gasteiger partial charge in [-0.3, -0.25) is 19.2 Å². The summed E-state index contributed by atoms with van der Waals surface area (Å²) in [6.07, 6.45) is 9.76. The minimum absolute atomic E-state index is 0.0555. The van der Waals surface area contributed by atoms with Crippen LogP contribution in [-0.4, -0.2) is 88.7 Å². The summed E-state index contributed by atoms with van der Waals surface area (Å²) in [4.78, 5) is 59.0. The van der Waals surface area contributed by atoms with Gasteiger partial charge in [0.25, 0.3) is 0 Å². The Morgan fingerprint density at radius 1 is 1.07 bits per heavy atom. The number of esters is 1. The lowest BCUT2D eigenvalue weighted by Gasteiger charge is -2.40. The maximum Gasteiger partial charge on any atom is 0.306 e. The SMILES string of the molecule is CCCCCN1CC=C[C@@]23O[C@H]4/C=C\CCC(=O)OC[C@H](c5ccccc5)NC(=O)[C@H]4[C@@H]2C(=O)N([C@@H](CO)C(C)C)[C@H]3C1=O. The molecule has 238 valence electrons. The van der Waals surface area contributed by atoms with Gasteiger partial charge in [-0.25, -0.2) is 0 Å². The molecule has 0 aliphatic carbocycles. The lowest BCUT2D eigenvalue weighted by Crippen LogP contribution is -2.59. The molecule has 7 atom stereocenters. The minimum Gasteiger partial charge on any atom is -0.463 e. The zero-order chi connectivity index (χ0) is 31.4. The molecule has 3 amide bonds. The number of cyclic esters (lactones) is 1. The van der Waals surface area contributed by atoms with E-state index in [4.69, 9.17) is 9.47 Å². The first kappa shape index (κ1) is 31.9. The zero-order valence-electron chi connectivity index (χ0n) is 25.9. The number of benzene rings is 1. The van der Waals surface area contributed by atoms with Gasteiger partial charge in [0.1, 0.15) is 18.2 Å². The number of allylic oxidation sites excluding steroid dienone is 1. The van der Waals surface area contributed by atoms with Crippen LogP contribution < -0.4 is 5.32 Å². The van der Waals surface area contributed by atoms with Crippen LogP contribution in [0.4, 0.5) is 0 Å². The predicted molar refractivity (Wildman–Crippen MR) is 163 cm³/mol. The minimum atomic E-state index is -1.40. The predicted octanol–water partition coefficient (Wildman–Crippen LogP) is 2.92. The molecule has 0 saturated carbocycles. The van der Waals surface area contributed by atoms with Gasteiger partial charge < -0.3 is 29.7 Å². The third-order valence-electron chi connectivity index (χ3n) is 9.43. The Kier molecular flexibility index (Phi) is 9.90. The highest BCUT2D eigenvalue weighted by atomic mass is 16.5. The maximum atomic E-state index is 14.6. The van der Waals surface area contributed by atoms with Crippen LogP contribution in [0.1, 0.15) is 64.5 Å². The molecule has 2 N–H and O–H groups in total. The summed E-state index contributed by atoms with van der Waals surface area (Å²) in [6.45, 7) is 6.46. The van der Waals surface area contributed by atoms with E-state index < -0.39 is 47.6 Å². The second-order valence-electron chi connectivity index (χ2n) is 12.6. The summed E-state index contributed by atoms with van der Waals surface area (Å²) in [5.41, 5.74) is -0.641. The number of unbranched alkanes of at least 4 members (excludes halogenated alkanes) is 2. The number of amides is 3. The normalized spacial score (nSPS) is 32.2. The third-order valence-corrected chi connectivity index (χ3v) is 9.43. The Bertz CT molecular complexity index is 1280. The van der Waals surface area contributed by atoms with Gasteiger partial charge in [-0.15, -0.1) is 0 Å². The van der Waals surface area contributed by atoms with Crippen LogP contribution in [0.2, 0.25) is 0 Å². The van der Waals surface area contributed by atoms with Crippen LogP contribution in [0.3, 0.4) is 0 Å². The van der Waals surface area contributed by atoms with E-state index >= 15 is 0 Å². The summed E-state index contributed by atoms with van der Waals surface area (Å²) in [5.74, 6) is -3.50. The Balaban J connectivity index is 1.59. The number of carbonyl (C=O) groups is 4. The number of hydrogen-bond donors (Lipinski definition) is 2. The van der Waals surface area contributed by atoms with E-state index in [1.165, 1.54) is 4.90 Å². The fourth-order valence-corrected chi connectivity index (χ4v) is 7.16. The van der Waals surface area contributed by atoms with Crippen molar-refractivity contribution in [1.82, 2.24) is 15.1 Å². The number of ether oxygens (including phenoxy) is 2. The van der Waals surface area contributed by atoms with E-state index in [1.807, 2.05) is 56.3 Å². The van der Waals surface area contributed by atoms with Gasteiger partial charge in [0, 0.05) is 19.5 Å². The topological polar surface area (TPSA) is 125 Å². The van der Waals surface area contributed by atoms with Crippen molar-refractivity contribution in [2.24, 2.45) is 17.8 Å². The number of nitrogens with zero attached hydrogens (tertiary/aromatic N) is 2. The van der Waals surface area contributed by atoms with Gasteiger partial charge in [0.15, 0.2) is 0 Å². The molecule has 10 heteroatoms. The monoisotopic (exact) mass is 607 g/mol. The average Bonchev–Trinajstić information content (AvgIpc) is 3.40. The molecule has 4 aliphatic rings. The van der Waals surface area contributed by atoms with Crippen LogP contribution in [-0.2, 0) is 28.7 Å². The van der Waals surface area contributed by atoms with Gasteiger partial charge >= 0.3 is 5.97 Å². The molecule has 0 bridgehead atoms. The second-order valence-corrected chi connectivity index (χ2v) is 12.6. The number of hydrogen-bond acceptors (Lipinski definition) is 7. The highest BCUT2D eigenvalue weighted by Gasteiger charge is 2.72. The summed E-state index contributed by atoms with van der Waals surface area (Å²) in [5, 5.41) is 13.5. The molecule has 0 radical (unpaired) electrons. The molecule has 2 saturated heterocycles. The molecular weight excluding hydrogens is 562 g/mol. The van der Waals surface area contributed by atoms with Crippen LogP contribution >= 0.6 is 0 Å². The van der Waals surface area contributed by atoms with E-state index in [0.717, 1.165) is 24.8 Å². The van der Waals surface area contributed by atoms with Crippen LogP contribution in [0, 0.1) is 17.8 Å². The summed E-state index contributed by atoms with van der Waals surface area (Å²) >= 11 is 0. The van der Waals surface area contributed by atoms with E-state index in [9.17, 15) is 24.3 Å². The molecule has 10 nitrogen and oxygen atoms in total. The van der Waals surface area contributed by atoms with Crippen molar-refractivity contribution in [2.75, 3.05) is 26.3 Å². The zero-order valence-corrected chi connectivity index (χ0v) is 25.9. The van der Waals surface area contributed by atoms with Crippen molar-refractivity contribution in [1.29, 1.82) is 0 Å². The molecule has 2 fully saturated rings. The quantitative estimate of drug-likeness (QED) is 0.265. The molecule has 4 heterocycles. The highest BCUT2D eigenvalue weighted by molar-refractivity contribution is 6.00. The standard InChI is InChI=1S/C34H45N3O7/c1-4-5-11-18-36-19-12-17-34-29(32(41)37(30(34)33(36)42)25(20-38)22(2)3)28-26(44-34)15-9-10-16-27(39)43-21-24(35-31(28)40)23-13-7-6-8-14-23/h6-9,12-15,17,22,24-26,28-30,38H,4-5,10-11,16,18-21H2,1-3H3,(H,35,40)/b15-9-/t24-,25+,26+,28-,29-,30+,34-/m1/s1. The number of aliphatic hydroxyl groups is 1. The first-order valence-corrected chi connectivity index (χ1v) is 16.0. The first-order chi connectivity index (χ1) is 21.2. The Morgan fingerprint density at radius 2 is 1.84 bits per heavy atom.